The van der Waals surface area contributed by atoms with E-state index in [1.165, 1.54) is 6.07 Å². The minimum absolute atomic E-state index is 0.0519. The predicted octanol–water partition coefficient (Wildman–Crippen LogP) is 0.979. The summed E-state index contributed by atoms with van der Waals surface area (Å²) in [6, 6.07) is 6.79. The molecule has 0 bridgehead atoms. The Labute approximate surface area is 148 Å². The number of rotatable bonds is 6. The molecule has 1 heterocycles. The summed E-state index contributed by atoms with van der Waals surface area (Å²) in [4.78, 5) is 27.4. The van der Waals surface area contributed by atoms with Crippen molar-refractivity contribution in [3.63, 3.8) is 0 Å². The first-order valence-electron chi connectivity index (χ1n) is 8.78. The highest BCUT2D eigenvalue weighted by Crippen LogP contribution is 2.20. The zero-order valence-electron chi connectivity index (χ0n) is 14.9. The fourth-order valence-electron chi connectivity index (χ4n) is 2.83. The molecule has 0 spiro atoms. The topological polar surface area (TPSA) is 64.7 Å². The molecule has 1 aromatic rings. The van der Waals surface area contributed by atoms with Gasteiger partial charge >= 0.3 is 11.8 Å². The third-order valence-corrected chi connectivity index (χ3v) is 4.13. The molecular formula is C18H27FN4O2. The Morgan fingerprint density at radius 1 is 1.12 bits per heavy atom. The molecule has 0 aliphatic carbocycles. The molecule has 2 rings (SSSR count). The van der Waals surface area contributed by atoms with E-state index in [4.69, 9.17) is 0 Å². The van der Waals surface area contributed by atoms with Gasteiger partial charge in [0.05, 0.1) is 5.69 Å². The lowest BCUT2D eigenvalue weighted by Crippen LogP contribution is -2.47. The van der Waals surface area contributed by atoms with Gasteiger partial charge in [0.15, 0.2) is 0 Å². The largest absolute Gasteiger partial charge is 0.367 e. The van der Waals surface area contributed by atoms with Crippen molar-refractivity contribution in [1.82, 2.24) is 15.5 Å². The van der Waals surface area contributed by atoms with Crippen LogP contribution < -0.4 is 15.5 Å². The Balaban J connectivity index is 1.64. The molecule has 2 N–H and O–H groups in total. The summed E-state index contributed by atoms with van der Waals surface area (Å²) in [5.41, 5.74) is 0.658. The molecule has 138 valence electrons. The molecule has 0 aromatic heterocycles. The second-order valence-corrected chi connectivity index (χ2v) is 6.52. The summed E-state index contributed by atoms with van der Waals surface area (Å²) in [5.74, 6) is -1.36. The Morgan fingerprint density at radius 2 is 1.80 bits per heavy atom. The number of hydrogen-bond acceptors (Lipinski definition) is 4. The maximum absolute atomic E-state index is 13.8. The number of carbonyl (C=O) groups is 2. The third-order valence-electron chi connectivity index (χ3n) is 4.13. The van der Waals surface area contributed by atoms with Crippen molar-refractivity contribution in [2.24, 2.45) is 0 Å². The highest BCUT2D eigenvalue weighted by molar-refractivity contribution is 6.35. The van der Waals surface area contributed by atoms with E-state index >= 15 is 0 Å². The van der Waals surface area contributed by atoms with Crippen molar-refractivity contribution in [2.45, 2.75) is 26.3 Å². The molecule has 0 unspecified atom stereocenters. The molecule has 6 nitrogen and oxygen atoms in total. The maximum Gasteiger partial charge on any atom is 0.309 e. The molecule has 1 aromatic carbocycles. The fraction of sp³-hybridized carbons (Fsp3) is 0.556. The van der Waals surface area contributed by atoms with Gasteiger partial charge in [-0.1, -0.05) is 12.1 Å². The van der Waals surface area contributed by atoms with Crippen molar-refractivity contribution in [3.05, 3.63) is 30.1 Å². The summed E-state index contributed by atoms with van der Waals surface area (Å²) in [6.07, 6.45) is 0.778. The first kappa shape index (κ1) is 19.2. The highest BCUT2D eigenvalue weighted by Gasteiger charge is 2.19. The standard InChI is InChI=1S/C18H27FN4O2/c1-14(2)21-18(25)17(24)20-8-5-9-22-10-12-23(13-11-22)16-7-4-3-6-15(16)19/h3-4,6-7,14H,5,8-13H2,1-2H3,(H,20,24)(H,21,25). The van der Waals surface area contributed by atoms with Gasteiger partial charge in [-0.25, -0.2) is 4.39 Å². The molecule has 1 aliphatic rings. The average Bonchev–Trinajstić information content (AvgIpc) is 2.59. The molecular weight excluding hydrogens is 323 g/mol. The van der Waals surface area contributed by atoms with Gasteiger partial charge in [0.2, 0.25) is 0 Å². The zero-order chi connectivity index (χ0) is 18.2. The summed E-state index contributed by atoms with van der Waals surface area (Å²) < 4.78 is 13.8. The number of carbonyl (C=O) groups excluding carboxylic acids is 2. The van der Waals surface area contributed by atoms with Crippen molar-refractivity contribution in [3.8, 4) is 0 Å². The van der Waals surface area contributed by atoms with Crippen LogP contribution in [0, 0.1) is 5.82 Å². The van der Waals surface area contributed by atoms with Crippen molar-refractivity contribution >= 4 is 17.5 Å². The molecule has 2 amide bonds. The van der Waals surface area contributed by atoms with Gasteiger partial charge in [-0.2, -0.15) is 0 Å². The van der Waals surface area contributed by atoms with E-state index in [1.807, 2.05) is 26.0 Å². The minimum atomic E-state index is -0.589. The predicted molar refractivity (Wildman–Crippen MR) is 96.0 cm³/mol. The molecule has 1 aliphatic heterocycles. The summed E-state index contributed by atoms with van der Waals surface area (Å²) in [5, 5.41) is 5.19. The van der Waals surface area contributed by atoms with Gasteiger partial charge in [0.25, 0.3) is 0 Å². The van der Waals surface area contributed by atoms with Crippen LogP contribution in [0.3, 0.4) is 0 Å². The molecule has 0 radical (unpaired) electrons. The first-order chi connectivity index (χ1) is 12.0. The van der Waals surface area contributed by atoms with Crippen molar-refractivity contribution < 1.29 is 14.0 Å². The van der Waals surface area contributed by atoms with Gasteiger partial charge in [0.1, 0.15) is 5.82 Å². The van der Waals surface area contributed by atoms with Crippen LogP contribution in [0.2, 0.25) is 0 Å². The van der Waals surface area contributed by atoms with E-state index in [-0.39, 0.29) is 11.9 Å². The van der Waals surface area contributed by atoms with Crippen LogP contribution in [0.5, 0.6) is 0 Å². The normalized spacial score (nSPS) is 15.3. The molecule has 1 saturated heterocycles. The number of amides is 2. The molecule has 25 heavy (non-hydrogen) atoms. The second kappa shape index (κ2) is 9.36. The zero-order valence-corrected chi connectivity index (χ0v) is 14.9. The number of halogens is 1. The highest BCUT2D eigenvalue weighted by atomic mass is 19.1. The van der Waals surface area contributed by atoms with Crippen LogP contribution in [0.25, 0.3) is 0 Å². The van der Waals surface area contributed by atoms with Crippen LogP contribution >= 0.6 is 0 Å². The van der Waals surface area contributed by atoms with Crippen LogP contribution in [-0.4, -0.2) is 62.0 Å². The van der Waals surface area contributed by atoms with E-state index in [1.54, 1.807) is 6.07 Å². The van der Waals surface area contributed by atoms with E-state index < -0.39 is 11.8 Å². The number of para-hydroxylation sites is 1. The molecule has 1 fully saturated rings. The van der Waals surface area contributed by atoms with E-state index in [2.05, 4.69) is 20.4 Å². The number of benzene rings is 1. The number of hydrogen-bond donors (Lipinski definition) is 2. The van der Waals surface area contributed by atoms with E-state index in [0.717, 1.165) is 39.1 Å². The maximum atomic E-state index is 13.8. The summed E-state index contributed by atoms with van der Waals surface area (Å²) in [7, 11) is 0. The Hall–Kier alpha value is -2.15. The second-order valence-electron chi connectivity index (χ2n) is 6.52. The Kier molecular flexibility index (Phi) is 7.18. The Morgan fingerprint density at radius 3 is 2.44 bits per heavy atom. The molecule has 7 heteroatoms. The van der Waals surface area contributed by atoms with E-state index in [9.17, 15) is 14.0 Å². The van der Waals surface area contributed by atoms with Gasteiger partial charge in [0, 0.05) is 38.8 Å². The van der Waals surface area contributed by atoms with Crippen LogP contribution in [0.1, 0.15) is 20.3 Å². The van der Waals surface area contributed by atoms with Gasteiger partial charge in [-0.15, -0.1) is 0 Å². The molecule has 0 atom stereocenters. The first-order valence-corrected chi connectivity index (χ1v) is 8.78. The van der Waals surface area contributed by atoms with Gasteiger partial charge in [-0.05, 0) is 38.9 Å². The van der Waals surface area contributed by atoms with Gasteiger partial charge in [-0.3, -0.25) is 14.5 Å². The fourth-order valence-corrected chi connectivity index (χ4v) is 2.83. The SMILES string of the molecule is CC(C)NC(=O)C(=O)NCCCN1CCN(c2ccccc2F)CC1. The summed E-state index contributed by atoms with van der Waals surface area (Å²) >= 11 is 0. The van der Waals surface area contributed by atoms with Crippen LogP contribution in [-0.2, 0) is 9.59 Å². The van der Waals surface area contributed by atoms with Gasteiger partial charge < -0.3 is 15.5 Å². The number of piperazine rings is 1. The van der Waals surface area contributed by atoms with Crippen LogP contribution in [0.4, 0.5) is 10.1 Å². The van der Waals surface area contributed by atoms with Crippen LogP contribution in [0.15, 0.2) is 24.3 Å². The smallest absolute Gasteiger partial charge is 0.309 e. The lowest BCUT2D eigenvalue weighted by molar-refractivity contribution is -0.139. The lowest BCUT2D eigenvalue weighted by atomic mass is 10.2. The summed E-state index contributed by atoms with van der Waals surface area (Å²) in [6.45, 7) is 8.22. The van der Waals surface area contributed by atoms with Crippen molar-refractivity contribution in [2.75, 3.05) is 44.2 Å². The third kappa shape index (κ3) is 6.01. The number of nitrogens with zero attached hydrogens (tertiary/aromatic N) is 2. The minimum Gasteiger partial charge on any atom is -0.367 e. The van der Waals surface area contributed by atoms with E-state index in [0.29, 0.717) is 12.2 Å². The number of anilines is 1. The average molecular weight is 350 g/mol. The van der Waals surface area contributed by atoms with Crippen molar-refractivity contribution in [1.29, 1.82) is 0 Å². The molecule has 0 saturated carbocycles. The Bertz CT molecular complexity index is 586. The number of nitrogens with one attached hydrogen (secondary N) is 2. The monoisotopic (exact) mass is 350 g/mol. The lowest BCUT2D eigenvalue weighted by Gasteiger charge is -2.36. The quantitative estimate of drug-likeness (QED) is 0.593.